The summed E-state index contributed by atoms with van der Waals surface area (Å²) in [6, 6.07) is 3.72. The van der Waals surface area contributed by atoms with Gasteiger partial charge in [0.1, 0.15) is 5.82 Å². The highest BCUT2D eigenvalue weighted by Gasteiger charge is 2.31. The van der Waals surface area contributed by atoms with E-state index in [2.05, 4.69) is 17.2 Å². The first-order chi connectivity index (χ1) is 7.74. The first-order valence-electron chi connectivity index (χ1n) is 6.19. The van der Waals surface area contributed by atoms with E-state index in [1.807, 2.05) is 12.1 Å². The van der Waals surface area contributed by atoms with Gasteiger partial charge in [-0.2, -0.15) is 0 Å². The number of rotatable bonds is 4. The normalized spacial score (nSPS) is 18.6. The molecule has 1 heterocycles. The van der Waals surface area contributed by atoms with Crippen molar-refractivity contribution in [2.24, 2.45) is 5.41 Å². The molecule has 0 saturated heterocycles. The van der Waals surface area contributed by atoms with Crippen LogP contribution in [0.4, 0.5) is 11.5 Å². The summed E-state index contributed by atoms with van der Waals surface area (Å²) in [6.07, 6.45) is 8.45. The molecule has 0 spiro atoms. The van der Waals surface area contributed by atoms with Gasteiger partial charge in [0, 0.05) is 24.5 Å². The number of pyridine rings is 1. The minimum atomic E-state index is 0.492. The third-order valence-electron chi connectivity index (χ3n) is 3.84. The minimum Gasteiger partial charge on any atom is -0.399 e. The van der Waals surface area contributed by atoms with Crippen molar-refractivity contribution in [1.82, 2.24) is 4.98 Å². The number of hydrogen-bond acceptors (Lipinski definition) is 3. The fourth-order valence-corrected chi connectivity index (χ4v) is 2.60. The molecule has 2 rings (SSSR count). The molecule has 3 heteroatoms. The zero-order valence-corrected chi connectivity index (χ0v) is 10.00. The Kier molecular flexibility index (Phi) is 3.32. The molecule has 3 nitrogen and oxygen atoms in total. The smallest absolute Gasteiger partial charge is 0.127 e. The van der Waals surface area contributed by atoms with Gasteiger partial charge in [0.25, 0.3) is 0 Å². The zero-order chi connectivity index (χ0) is 11.4. The summed E-state index contributed by atoms with van der Waals surface area (Å²) in [5.41, 5.74) is 6.99. The van der Waals surface area contributed by atoms with Crippen LogP contribution in [-0.2, 0) is 0 Å². The van der Waals surface area contributed by atoms with E-state index in [9.17, 15) is 0 Å². The number of aromatic nitrogens is 1. The van der Waals surface area contributed by atoms with Crippen LogP contribution in [0.25, 0.3) is 0 Å². The molecule has 0 aliphatic heterocycles. The largest absolute Gasteiger partial charge is 0.399 e. The Balaban J connectivity index is 1.95. The maximum absolute atomic E-state index is 5.73. The Morgan fingerprint density at radius 3 is 2.81 bits per heavy atom. The highest BCUT2D eigenvalue weighted by Crippen LogP contribution is 2.40. The molecule has 1 aliphatic carbocycles. The Morgan fingerprint density at radius 2 is 2.19 bits per heavy atom. The first kappa shape index (κ1) is 11.2. The van der Waals surface area contributed by atoms with Crippen molar-refractivity contribution in [3.8, 4) is 0 Å². The van der Waals surface area contributed by atoms with E-state index in [1.54, 1.807) is 6.20 Å². The molecule has 1 aliphatic rings. The predicted octanol–water partition coefficient (Wildman–Crippen LogP) is 3.05. The van der Waals surface area contributed by atoms with Gasteiger partial charge in [0.15, 0.2) is 0 Å². The molecule has 16 heavy (non-hydrogen) atoms. The summed E-state index contributed by atoms with van der Waals surface area (Å²) in [4.78, 5) is 4.27. The van der Waals surface area contributed by atoms with E-state index in [1.165, 1.54) is 32.1 Å². The molecule has 1 fully saturated rings. The molecular weight excluding hydrogens is 198 g/mol. The third-order valence-corrected chi connectivity index (χ3v) is 3.84. The highest BCUT2D eigenvalue weighted by atomic mass is 15.0. The van der Waals surface area contributed by atoms with E-state index < -0.39 is 0 Å². The molecule has 1 aromatic rings. The average molecular weight is 219 g/mol. The van der Waals surface area contributed by atoms with Gasteiger partial charge in [0.2, 0.25) is 0 Å². The van der Waals surface area contributed by atoms with E-state index in [-0.39, 0.29) is 0 Å². The summed E-state index contributed by atoms with van der Waals surface area (Å²) >= 11 is 0. The van der Waals surface area contributed by atoms with Crippen molar-refractivity contribution in [2.45, 2.75) is 39.0 Å². The van der Waals surface area contributed by atoms with E-state index >= 15 is 0 Å². The van der Waals surface area contributed by atoms with Crippen molar-refractivity contribution < 1.29 is 0 Å². The van der Waals surface area contributed by atoms with Crippen LogP contribution in [0, 0.1) is 5.41 Å². The first-order valence-corrected chi connectivity index (χ1v) is 6.19. The van der Waals surface area contributed by atoms with Crippen molar-refractivity contribution >= 4 is 11.5 Å². The van der Waals surface area contributed by atoms with Crippen LogP contribution in [0.2, 0.25) is 0 Å². The van der Waals surface area contributed by atoms with Crippen LogP contribution in [0.5, 0.6) is 0 Å². The van der Waals surface area contributed by atoms with Crippen LogP contribution in [-0.4, -0.2) is 11.5 Å². The van der Waals surface area contributed by atoms with Gasteiger partial charge in [-0.1, -0.05) is 19.8 Å². The van der Waals surface area contributed by atoms with Crippen molar-refractivity contribution in [2.75, 3.05) is 17.6 Å². The van der Waals surface area contributed by atoms with E-state index in [0.29, 0.717) is 5.41 Å². The van der Waals surface area contributed by atoms with Gasteiger partial charge in [0.05, 0.1) is 0 Å². The van der Waals surface area contributed by atoms with Gasteiger partial charge < -0.3 is 11.1 Å². The summed E-state index contributed by atoms with van der Waals surface area (Å²) in [5, 5.41) is 3.43. The molecule has 0 radical (unpaired) electrons. The number of nitrogens with zero attached hydrogens (tertiary/aromatic N) is 1. The zero-order valence-electron chi connectivity index (χ0n) is 10.00. The highest BCUT2D eigenvalue weighted by molar-refractivity contribution is 5.48. The van der Waals surface area contributed by atoms with Gasteiger partial charge in [-0.3, -0.25) is 0 Å². The lowest BCUT2D eigenvalue weighted by Gasteiger charge is -2.27. The summed E-state index contributed by atoms with van der Waals surface area (Å²) in [5.74, 6) is 0.903. The van der Waals surface area contributed by atoms with E-state index in [0.717, 1.165) is 18.1 Å². The average Bonchev–Trinajstić information content (AvgIpc) is 2.76. The van der Waals surface area contributed by atoms with Crippen LogP contribution < -0.4 is 11.1 Å². The molecular formula is C13H21N3. The number of hydrogen-bond donors (Lipinski definition) is 2. The molecule has 1 aromatic heterocycles. The lowest BCUT2D eigenvalue weighted by Crippen LogP contribution is -2.26. The fourth-order valence-electron chi connectivity index (χ4n) is 2.60. The standard InChI is InChI=1S/C13H21N3/c1-2-13(6-3-4-7-13)10-16-12-9-11(14)5-8-15-12/h5,8-9H,2-4,6-7,10H2,1H3,(H3,14,15,16). The van der Waals surface area contributed by atoms with Crippen LogP contribution in [0.1, 0.15) is 39.0 Å². The predicted molar refractivity (Wildman–Crippen MR) is 68.3 cm³/mol. The van der Waals surface area contributed by atoms with E-state index in [4.69, 9.17) is 5.73 Å². The van der Waals surface area contributed by atoms with Crippen molar-refractivity contribution in [3.63, 3.8) is 0 Å². The lowest BCUT2D eigenvalue weighted by atomic mass is 9.83. The fraction of sp³-hybridized carbons (Fsp3) is 0.615. The van der Waals surface area contributed by atoms with Gasteiger partial charge in [-0.05, 0) is 30.7 Å². The summed E-state index contributed by atoms with van der Waals surface area (Å²) < 4.78 is 0. The van der Waals surface area contributed by atoms with Crippen LogP contribution in [0.3, 0.4) is 0 Å². The number of nitrogens with one attached hydrogen (secondary N) is 1. The molecule has 0 atom stereocenters. The van der Waals surface area contributed by atoms with Crippen molar-refractivity contribution in [3.05, 3.63) is 18.3 Å². The van der Waals surface area contributed by atoms with Crippen LogP contribution >= 0.6 is 0 Å². The maximum atomic E-state index is 5.73. The van der Waals surface area contributed by atoms with Gasteiger partial charge in [-0.15, -0.1) is 0 Å². The molecule has 0 bridgehead atoms. The monoisotopic (exact) mass is 219 g/mol. The number of anilines is 2. The maximum Gasteiger partial charge on any atom is 0.127 e. The molecule has 0 amide bonds. The Labute approximate surface area is 97.5 Å². The van der Waals surface area contributed by atoms with Gasteiger partial charge >= 0.3 is 0 Å². The van der Waals surface area contributed by atoms with Crippen LogP contribution in [0.15, 0.2) is 18.3 Å². The number of nitrogen functional groups attached to an aromatic ring is 1. The molecule has 3 N–H and O–H groups in total. The Morgan fingerprint density at radius 1 is 1.44 bits per heavy atom. The summed E-state index contributed by atoms with van der Waals surface area (Å²) in [7, 11) is 0. The second-order valence-corrected chi connectivity index (χ2v) is 4.89. The Bertz CT molecular complexity index is 343. The molecule has 0 unspecified atom stereocenters. The van der Waals surface area contributed by atoms with Gasteiger partial charge in [-0.25, -0.2) is 4.98 Å². The second kappa shape index (κ2) is 4.73. The topological polar surface area (TPSA) is 50.9 Å². The molecule has 0 aromatic carbocycles. The lowest BCUT2D eigenvalue weighted by molar-refractivity contribution is 0.306. The number of nitrogens with two attached hydrogens (primary N) is 1. The Hall–Kier alpha value is -1.25. The SMILES string of the molecule is CCC1(CNc2cc(N)ccn2)CCCC1. The minimum absolute atomic E-state index is 0.492. The molecule has 88 valence electrons. The van der Waals surface area contributed by atoms with Crippen molar-refractivity contribution in [1.29, 1.82) is 0 Å². The summed E-state index contributed by atoms with van der Waals surface area (Å²) in [6.45, 7) is 3.32. The second-order valence-electron chi connectivity index (χ2n) is 4.89. The quantitative estimate of drug-likeness (QED) is 0.818. The third kappa shape index (κ3) is 2.46. The molecule has 1 saturated carbocycles.